The fourth-order valence-electron chi connectivity index (χ4n) is 1.65. The summed E-state index contributed by atoms with van der Waals surface area (Å²) in [5.74, 6) is 0.198. The van der Waals surface area contributed by atoms with Crippen molar-refractivity contribution >= 4 is 32.6 Å². The number of halogens is 1. The number of aromatic nitrogens is 1. The van der Waals surface area contributed by atoms with Gasteiger partial charge in [0.25, 0.3) is 0 Å². The van der Waals surface area contributed by atoms with E-state index in [-0.39, 0.29) is 11.7 Å². The zero-order valence-electron chi connectivity index (χ0n) is 8.67. The Morgan fingerprint density at radius 1 is 1.40 bits per heavy atom. The minimum atomic E-state index is 0.0242. The van der Waals surface area contributed by atoms with Crippen LogP contribution in [0.15, 0.2) is 28.9 Å². The highest BCUT2D eigenvalue weighted by Crippen LogP contribution is 2.28. The lowest BCUT2D eigenvalue weighted by atomic mass is 10.0. The van der Waals surface area contributed by atoms with E-state index in [9.17, 15) is 4.79 Å². The van der Waals surface area contributed by atoms with Crippen LogP contribution in [0.2, 0.25) is 0 Å². The van der Waals surface area contributed by atoms with E-state index in [4.69, 9.17) is 0 Å². The van der Waals surface area contributed by atoms with Gasteiger partial charge in [0.2, 0.25) is 0 Å². The second kappa shape index (κ2) is 3.81. The number of nitrogens with one attached hydrogen (secondary N) is 1. The van der Waals surface area contributed by atoms with Gasteiger partial charge in [-0.15, -0.1) is 0 Å². The topological polar surface area (TPSA) is 32.9 Å². The molecule has 0 aliphatic carbocycles. The van der Waals surface area contributed by atoms with Gasteiger partial charge in [0.15, 0.2) is 5.78 Å². The highest BCUT2D eigenvalue weighted by atomic mass is 79.9. The molecule has 0 saturated heterocycles. The largest absolute Gasteiger partial charge is 0.360 e. The number of hydrogen-bond donors (Lipinski definition) is 1. The zero-order chi connectivity index (χ0) is 11.0. The Kier molecular flexibility index (Phi) is 2.65. The molecule has 0 amide bonds. The maximum Gasteiger partial charge on any atom is 0.167 e. The van der Waals surface area contributed by atoms with Gasteiger partial charge >= 0.3 is 0 Å². The van der Waals surface area contributed by atoms with Crippen molar-refractivity contribution in [1.82, 2.24) is 4.98 Å². The number of aromatic amines is 1. The van der Waals surface area contributed by atoms with Crippen LogP contribution < -0.4 is 0 Å². The average molecular weight is 266 g/mol. The van der Waals surface area contributed by atoms with Crippen LogP contribution in [0, 0.1) is 5.92 Å². The summed E-state index contributed by atoms with van der Waals surface area (Å²) >= 11 is 3.47. The Morgan fingerprint density at radius 2 is 2.13 bits per heavy atom. The molecule has 2 nitrogen and oxygen atoms in total. The maximum absolute atomic E-state index is 11.9. The van der Waals surface area contributed by atoms with E-state index in [2.05, 4.69) is 20.9 Å². The van der Waals surface area contributed by atoms with Crippen molar-refractivity contribution in [2.24, 2.45) is 5.92 Å². The summed E-state index contributed by atoms with van der Waals surface area (Å²) < 4.78 is 0.963. The van der Waals surface area contributed by atoms with Gasteiger partial charge in [0.05, 0.1) is 0 Å². The van der Waals surface area contributed by atoms with E-state index in [0.717, 1.165) is 20.9 Å². The van der Waals surface area contributed by atoms with Gasteiger partial charge in [-0.3, -0.25) is 4.79 Å². The average Bonchev–Trinajstić information content (AvgIpc) is 2.61. The van der Waals surface area contributed by atoms with Gasteiger partial charge < -0.3 is 4.98 Å². The molecule has 0 unspecified atom stereocenters. The molecule has 3 heteroatoms. The molecule has 0 fully saturated rings. The van der Waals surface area contributed by atoms with Crippen LogP contribution in [0.1, 0.15) is 24.2 Å². The summed E-state index contributed by atoms with van der Waals surface area (Å²) in [5.41, 5.74) is 1.76. The predicted octanol–water partition coefficient (Wildman–Crippen LogP) is 3.77. The molecule has 0 atom stereocenters. The second-order valence-corrected chi connectivity index (χ2v) is 4.74. The van der Waals surface area contributed by atoms with Crippen molar-refractivity contribution in [3.05, 3.63) is 34.4 Å². The molecule has 0 spiro atoms. The van der Waals surface area contributed by atoms with Gasteiger partial charge in [-0.05, 0) is 12.1 Å². The van der Waals surface area contributed by atoms with E-state index in [0.29, 0.717) is 0 Å². The first-order valence-corrected chi connectivity index (χ1v) is 5.70. The number of carbonyl (C=O) groups is 1. The highest BCUT2D eigenvalue weighted by Gasteiger charge is 2.16. The second-order valence-electron chi connectivity index (χ2n) is 3.88. The molecule has 1 aromatic heterocycles. The number of H-pyrrole nitrogens is 1. The van der Waals surface area contributed by atoms with Crippen LogP contribution in [0.4, 0.5) is 0 Å². The van der Waals surface area contributed by atoms with E-state index in [1.807, 2.05) is 32.0 Å². The summed E-state index contributed by atoms with van der Waals surface area (Å²) in [5, 5.41) is 0.983. The molecule has 1 aromatic carbocycles. The number of rotatable bonds is 2. The van der Waals surface area contributed by atoms with Crippen molar-refractivity contribution < 1.29 is 4.79 Å². The first-order chi connectivity index (χ1) is 7.11. The number of carbonyl (C=O) groups excluding carboxylic acids is 1. The monoisotopic (exact) mass is 265 g/mol. The fourth-order valence-corrected chi connectivity index (χ4v) is 2.23. The Morgan fingerprint density at radius 3 is 2.80 bits per heavy atom. The minimum Gasteiger partial charge on any atom is -0.360 e. The van der Waals surface area contributed by atoms with Gasteiger partial charge in [0.1, 0.15) is 0 Å². The molecule has 2 rings (SSSR count). The van der Waals surface area contributed by atoms with E-state index >= 15 is 0 Å². The Balaban J connectivity index is 2.67. The van der Waals surface area contributed by atoms with E-state index in [1.165, 1.54) is 0 Å². The van der Waals surface area contributed by atoms with E-state index in [1.54, 1.807) is 6.20 Å². The minimum absolute atomic E-state index is 0.0242. The Bertz CT molecular complexity index is 513. The molecule has 1 heterocycles. The summed E-state index contributed by atoms with van der Waals surface area (Å²) in [6, 6.07) is 5.87. The summed E-state index contributed by atoms with van der Waals surface area (Å²) in [7, 11) is 0. The SMILES string of the molecule is CC(C)C(=O)c1c[nH]c2cccc(Br)c12. The smallest absolute Gasteiger partial charge is 0.167 e. The molecule has 0 aliphatic rings. The van der Waals surface area contributed by atoms with Crippen LogP contribution in [0.25, 0.3) is 10.9 Å². The zero-order valence-corrected chi connectivity index (χ0v) is 10.3. The molecule has 0 radical (unpaired) electrons. The van der Waals surface area contributed by atoms with E-state index < -0.39 is 0 Å². The number of Topliss-reactive ketones (excluding diaryl/α,β-unsaturated/α-hetero) is 1. The van der Waals surface area contributed by atoms with Gasteiger partial charge in [0, 0.05) is 33.1 Å². The summed E-state index contributed by atoms with van der Waals surface area (Å²) in [6.07, 6.45) is 1.79. The molecule has 0 bridgehead atoms. The lowest BCUT2D eigenvalue weighted by molar-refractivity contribution is 0.0941. The van der Waals surface area contributed by atoms with Crippen LogP contribution in [0.3, 0.4) is 0 Å². The summed E-state index contributed by atoms with van der Waals surface area (Å²) in [6.45, 7) is 3.83. The Hall–Kier alpha value is -1.09. The van der Waals surface area contributed by atoms with Gasteiger partial charge in [-0.1, -0.05) is 35.8 Å². The lowest BCUT2D eigenvalue weighted by Crippen LogP contribution is -2.06. The molecular formula is C12H12BrNO. The van der Waals surface area contributed by atoms with Crippen molar-refractivity contribution in [1.29, 1.82) is 0 Å². The standard InChI is InChI=1S/C12H12BrNO/c1-7(2)12(15)8-6-14-10-5-3-4-9(13)11(8)10/h3-7,14H,1-2H3. The van der Waals surface area contributed by atoms with Crippen molar-refractivity contribution in [3.8, 4) is 0 Å². The van der Waals surface area contributed by atoms with Crippen molar-refractivity contribution in [2.75, 3.05) is 0 Å². The fraction of sp³-hybridized carbons (Fsp3) is 0.250. The first-order valence-electron chi connectivity index (χ1n) is 4.91. The summed E-state index contributed by atoms with van der Waals surface area (Å²) in [4.78, 5) is 15.0. The predicted molar refractivity (Wildman–Crippen MR) is 65.2 cm³/mol. The molecule has 78 valence electrons. The Labute approximate surface area is 96.8 Å². The van der Waals surface area contributed by atoms with Crippen LogP contribution >= 0.6 is 15.9 Å². The molecule has 0 saturated carbocycles. The number of ketones is 1. The number of hydrogen-bond acceptors (Lipinski definition) is 1. The third-order valence-corrected chi connectivity index (χ3v) is 3.11. The third-order valence-electron chi connectivity index (χ3n) is 2.44. The number of benzene rings is 1. The lowest BCUT2D eigenvalue weighted by Gasteiger charge is -2.03. The van der Waals surface area contributed by atoms with Crippen LogP contribution in [-0.4, -0.2) is 10.8 Å². The van der Waals surface area contributed by atoms with Crippen molar-refractivity contribution in [2.45, 2.75) is 13.8 Å². The molecule has 1 N–H and O–H groups in total. The normalized spacial score (nSPS) is 11.2. The first kappa shape index (κ1) is 10.4. The van der Waals surface area contributed by atoms with Crippen LogP contribution in [-0.2, 0) is 0 Å². The quantitative estimate of drug-likeness (QED) is 0.824. The van der Waals surface area contributed by atoms with Gasteiger partial charge in [-0.25, -0.2) is 0 Å². The van der Waals surface area contributed by atoms with Gasteiger partial charge in [-0.2, -0.15) is 0 Å². The molecule has 15 heavy (non-hydrogen) atoms. The molecule has 0 aliphatic heterocycles. The molecular weight excluding hydrogens is 254 g/mol. The number of fused-ring (bicyclic) bond motifs is 1. The van der Waals surface area contributed by atoms with Crippen LogP contribution in [0.5, 0.6) is 0 Å². The van der Waals surface area contributed by atoms with Crippen molar-refractivity contribution in [3.63, 3.8) is 0 Å². The third kappa shape index (κ3) is 1.72. The highest BCUT2D eigenvalue weighted by molar-refractivity contribution is 9.10. The molecule has 2 aromatic rings. The maximum atomic E-state index is 11.9.